The van der Waals surface area contributed by atoms with Gasteiger partial charge in [0.2, 0.25) is 5.91 Å². The maximum atomic E-state index is 12.9. The van der Waals surface area contributed by atoms with Crippen molar-refractivity contribution in [2.45, 2.75) is 56.7 Å². The molecule has 1 heterocycles. The number of nitrogens with zero attached hydrogens (tertiary/aromatic N) is 1. The zero-order chi connectivity index (χ0) is 17.8. The molecule has 3 rings (SSSR count). The number of alkyl halides is 2. The van der Waals surface area contributed by atoms with Gasteiger partial charge in [-0.15, -0.1) is 0 Å². The summed E-state index contributed by atoms with van der Waals surface area (Å²) in [6.45, 7) is -0.550. The first-order chi connectivity index (χ1) is 12.0. The zero-order valence-corrected chi connectivity index (χ0v) is 14.0. The monoisotopic (exact) mass is 351 g/mol. The predicted molar refractivity (Wildman–Crippen MR) is 89.2 cm³/mol. The Labute approximate surface area is 145 Å². The average Bonchev–Trinajstić information content (AvgIpc) is 2.54. The summed E-state index contributed by atoms with van der Waals surface area (Å²) in [5.41, 5.74) is 0.893. The number of carbonyl (C=O) groups excluding carboxylic acids is 2. The fraction of sp³-hybridized carbons (Fsp3) is 0.556. The molecule has 5 nitrogen and oxygen atoms in total. The Hall–Kier alpha value is -2.18. The van der Waals surface area contributed by atoms with Crippen molar-refractivity contribution in [3.8, 4) is 0 Å². The molecule has 0 radical (unpaired) electrons. The van der Waals surface area contributed by atoms with Crippen molar-refractivity contribution in [1.82, 2.24) is 15.5 Å². The summed E-state index contributed by atoms with van der Waals surface area (Å²) >= 11 is 0. The van der Waals surface area contributed by atoms with E-state index in [0.717, 1.165) is 24.8 Å². The highest BCUT2D eigenvalue weighted by atomic mass is 19.3. The smallest absolute Gasteiger partial charge is 0.318 e. The number of nitrogens with one attached hydrogen (secondary N) is 2. The molecule has 2 fully saturated rings. The van der Waals surface area contributed by atoms with Crippen LogP contribution in [0.4, 0.5) is 13.6 Å². The lowest BCUT2D eigenvalue weighted by atomic mass is 9.91. The number of amides is 3. The second-order valence-corrected chi connectivity index (χ2v) is 6.68. The van der Waals surface area contributed by atoms with Gasteiger partial charge in [0.25, 0.3) is 6.43 Å². The highest BCUT2D eigenvalue weighted by molar-refractivity contribution is 5.79. The highest BCUT2D eigenvalue weighted by Crippen LogP contribution is 2.27. The molecular formula is C18H23F2N3O2. The summed E-state index contributed by atoms with van der Waals surface area (Å²) in [5, 5.41) is 5.79. The topological polar surface area (TPSA) is 61.4 Å². The average molecular weight is 351 g/mol. The fourth-order valence-electron chi connectivity index (χ4n) is 3.42. The molecule has 136 valence electrons. The van der Waals surface area contributed by atoms with Crippen LogP contribution in [0.25, 0.3) is 0 Å². The largest absolute Gasteiger partial charge is 0.347 e. The number of urea groups is 1. The lowest BCUT2D eigenvalue weighted by molar-refractivity contribution is -0.123. The van der Waals surface area contributed by atoms with Crippen LogP contribution in [-0.2, 0) is 4.79 Å². The third-order valence-electron chi connectivity index (χ3n) is 4.98. The Morgan fingerprint density at radius 1 is 1.24 bits per heavy atom. The summed E-state index contributed by atoms with van der Waals surface area (Å²) in [6, 6.07) is 8.15. The molecule has 1 aromatic rings. The molecule has 1 saturated carbocycles. The molecule has 1 aliphatic carbocycles. The first-order valence-electron chi connectivity index (χ1n) is 8.74. The van der Waals surface area contributed by atoms with Gasteiger partial charge in [0.05, 0.1) is 18.6 Å². The molecule has 0 unspecified atom stereocenters. The number of piperidine rings is 1. The maximum absolute atomic E-state index is 12.9. The van der Waals surface area contributed by atoms with Gasteiger partial charge in [0.15, 0.2) is 0 Å². The van der Waals surface area contributed by atoms with Gasteiger partial charge in [-0.05, 0) is 31.2 Å². The van der Waals surface area contributed by atoms with Crippen molar-refractivity contribution in [2.24, 2.45) is 0 Å². The molecular weight excluding hydrogens is 328 g/mol. The molecule has 1 aliphatic heterocycles. The number of hydrogen-bond acceptors (Lipinski definition) is 2. The second kappa shape index (κ2) is 7.80. The van der Waals surface area contributed by atoms with Crippen molar-refractivity contribution in [1.29, 1.82) is 0 Å². The summed E-state index contributed by atoms with van der Waals surface area (Å²) in [6.07, 6.45) is 0.746. The maximum Gasteiger partial charge on any atom is 0.318 e. The first kappa shape index (κ1) is 17.6. The summed E-state index contributed by atoms with van der Waals surface area (Å²) in [7, 11) is 0. The van der Waals surface area contributed by atoms with Crippen LogP contribution in [0.3, 0.4) is 0 Å². The fourth-order valence-corrected chi connectivity index (χ4v) is 3.42. The van der Waals surface area contributed by atoms with Crippen LogP contribution in [0.2, 0.25) is 0 Å². The molecule has 0 aromatic heterocycles. The van der Waals surface area contributed by atoms with E-state index in [1.54, 1.807) is 0 Å². The molecule has 2 N–H and O–H groups in total. The minimum atomic E-state index is -2.55. The second-order valence-electron chi connectivity index (χ2n) is 6.68. The van der Waals surface area contributed by atoms with E-state index in [-0.39, 0.29) is 24.0 Å². The Balaban J connectivity index is 1.71. The van der Waals surface area contributed by atoms with Crippen LogP contribution in [0, 0.1) is 0 Å². The summed E-state index contributed by atoms with van der Waals surface area (Å²) in [5.74, 6) is -0.0669. The van der Waals surface area contributed by atoms with Crippen LogP contribution in [0.5, 0.6) is 0 Å². The van der Waals surface area contributed by atoms with Crippen LogP contribution in [0.15, 0.2) is 30.3 Å². The number of hydrogen-bond donors (Lipinski definition) is 2. The third kappa shape index (κ3) is 4.27. The van der Waals surface area contributed by atoms with Crippen LogP contribution < -0.4 is 10.6 Å². The predicted octanol–water partition coefficient (Wildman–Crippen LogP) is 2.84. The van der Waals surface area contributed by atoms with Gasteiger partial charge >= 0.3 is 6.03 Å². The lowest BCUT2D eigenvalue weighted by Gasteiger charge is -2.40. The van der Waals surface area contributed by atoms with E-state index < -0.39 is 19.0 Å². The van der Waals surface area contributed by atoms with Gasteiger partial charge in [0, 0.05) is 12.5 Å². The molecule has 0 spiro atoms. The van der Waals surface area contributed by atoms with E-state index in [1.165, 1.54) is 4.90 Å². The van der Waals surface area contributed by atoms with Crippen LogP contribution >= 0.6 is 0 Å². The molecule has 7 heteroatoms. The molecule has 25 heavy (non-hydrogen) atoms. The molecule has 1 aromatic carbocycles. The quantitative estimate of drug-likeness (QED) is 0.857. The Morgan fingerprint density at radius 2 is 1.96 bits per heavy atom. The van der Waals surface area contributed by atoms with E-state index >= 15 is 0 Å². The molecule has 1 saturated heterocycles. The van der Waals surface area contributed by atoms with Crippen LogP contribution in [0.1, 0.15) is 43.7 Å². The Kier molecular flexibility index (Phi) is 5.50. The molecule has 3 amide bonds. The van der Waals surface area contributed by atoms with Crippen molar-refractivity contribution >= 4 is 11.9 Å². The SMILES string of the molecule is O=C1CC[C@@H](NC(=O)N(CC(F)F)C2CCC2)[C@H](c2ccccc2)N1. The summed E-state index contributed by atoms with van der Waals surface area (Å²) < 4.78 is 25.7. The van der Waals surface area contributed by atoms with Gasteiger partial charge in [-0.3, -0.25) is 4.79 Å². The van der Waals surface area contributed by atoms with Gasteiger partial charge in [-0.25, -0.2) is 13.6 Å². The summed E-state index contributed by atoms with van der Waals surface area (Å²) in [4.78, 5) is 25.7. The minimum absolute atomic E-state index is 0.0669. The van der Waals surface area contributed by atoms with E-state index in [0.29, 0.717) is 12.8 Å². The Bertz CT molecular complexity index is 608. The standard InChI is InChI=1S/C18H23F2N3O2/c19-15(20)11-23(13-7-4-8-13)18(25)21-14-9-10-16(24)22-17(14)12-5-2-1-3-6-12/h1-3,5-6,13-15,17H,4,7-11H2,(H,21,25)(H,22,24)/t14-,17+/m1/s1. The Morgan fingerprint density at radius 3 is 2.56 bits per heavy atom. The number of benzene rings is 1. The van der Waals surface area contributed by atoms with E-state index in [4.69, 9.17) is 0 Å². The normalized spacial score (nSPS) is 23.7. The van der Waals surface area contributed by atoms with Crippen molar-refractivity contribution in [2.75, 3.05) is 6.54 Å². The molecule has 2 aliphatic rings. The van der Waals surface area contributed by atoms with Gasteiger partial charge in [0.1, 0.15) is 0 Å². The number of carbonyl (C=O) groups is 2. The van der Waals surface area contributed by atoms with Crippen molar-refractivity contribution in [3.05, 3.63) is 35.9 Å². The van der Waals surface area contributed by atoms with Gasteiger partial charge < -0.3 is 15.5 Å². The molecule has 2 atom stereocenters. The highest BCUT2D eigenvalue weighted by Gasteiger charge is 2.35. The van der Waals surface area contributed by atoms with Gasteiger partial charge in [-0.1, -0.05) is 30.3 Å². The van der Waals surface area contributed by atoms with Crippen LogP contribution in [-0.4, -0.2) is 41.9 Å². The van der Waals surface area contributed by atoms with Gasteiger partial charge in [-0.2, -0.15) is 0 Å². The minimum Gasteiger partial charge on any atom is -0.347 e. The van der Waals surface area contributed by atoms with Crippen molar-refractivity contribution < 1.29 is 18.4 Å². The number of rotatable bonds is 5. The lowest BCUT2D eigenvalue weighted by Crippen LogP contribution is -2.56. The third-order valence-corrected chi connectivity index (χ3v) is 4.98. The zero-order valence-electron chi connectivity index (χ0n) is 14.0. The van der Waals surface area contributed by atoms with E-state index in [9.17, 15) is 18.4 Å². The first-order valence-corrected chi connectivity index (χ1v) is 8.74. The van der Waals surface area contributed by atoms with E-state index in [1.807, 2.05) is 30.3 Å². The number of halogens is 2. The molecule has 0 bridgehead atoms. The van der Waals surface area contributed by atoms with Crippen molar-refractivity contribution in [3.63, 3.8) is 0 Å². The van der Waals surface area contributed by atoms with E-state index in [2.05, 4.69) is 10.6 Å².